The zero-order valence-electron chi connectivity index (χ0n) is 15.3. The quantitative estimate of drug-likeness (QED) is 0.352. The first-order chi connectivity index (χ1) is 14.0. The molecule has 0 bridgehead atoms. The van der Waals surface area contributed by atoms with Crippen LogP contribution in [0.15, 0.2) is 82.2 Å². The molecule has 6 heteroatoms. The molecule has 0 aliphatic heterocycles. The van der Waals surface area contributed by atoms with Gasteiger partial charge in [0.05, 0.1) is 10.9 Å². The maximum Gasteiger partial charge on any atom is 0.343 e. The van der Waals surface area contributed by atoms with Gasteiger partial charge in [-0.05, 0) is 61.0 Å². The molecule has 1 heterocycles. The van der Waals surface area contributed by atoms with Crippen molar-refractivity contribution in [2.45, 2.75) is 6.92 Å². The van der Waals surface area contributed by atoms with Crippen LogP contribution < -0.4 is 14.9 Å². The third kappa shape index (κ3) is 4.01. The average Bonchev–Trinajstić information content (AvgIpc) is 2.71. The van der Waals surface area contributed by atoms with Gasteiger partial charge >= 0.3 is 5.97 Å². The molecule has 0 amide bonds. The number of ether oxygens (including phenoxy) is 2. The molecule has 0 N–H and O–H groups in total. The van der Waals surface area contributed by atoms with Crippen LogP contribution >= 0.6 is 0 Å². The van der Waals surface area contributed by atoms with Gasteiger partial charge in [-0.1, -0.05) is 12.1 Å². The summed E-state index contributed by atoms with van der Waals surface area (Å²) < 4.78 is 29.4. The second-order valence-electron chi connectivity index (χ2n) is 6.40. The van der Waals surface area contributed by atoms with Crippen molar-refractivity contribution in [3.63, 3.8) is 0 Å². The first kappa shape index (κ1) is 18.4. The molecule has 4 rings (SSSR count). The van der Waals surface area contributed by atoms with E-state index in [0.29, 0.717) is 5.75 Å². The van der Waals surface area contributed by atoms with Crippen molar-refractivity contribution in [3.8, 4) is 17.2 Å². The number of hydrogen-bond donors (Lipinski definition) is 0. The van der Waals surface area contributed by atoms with E-state index in [0.717, 1.165) is 5.56 Å². The Kier molecular flexibility index (Phi) is 4.83. The lowest BCUT2D eigenvalue weighted by atomic mass is 10.2. The van der Waals surface area contributed by atoms with Gasteiger partial charge in [-0.15, -0.1) is 0 Å². The lowest BCUT2D eigenvalue weighted by molar-refractivity contribution is 0.0735. The Hall–Kier alpha value is -3.93. The van der Waals surface area contributed by atoms with E-state index in [2.05, 4.69) is 0 Å². The van der Waals surface area contributed by atoms with Crippen LogP contribution in [-0.4, -0.2) is 5.97 Å². The highest BCUT2D eigenvalue weighted by atomic mass is 19.1. The van der Waals surface area contributed by atoms with Crippen molar-refractivity contribution in [2.75, 3.05) is 0 Å². The van der Waals surface area contributed by atoms with E-state index in [1.807, 2.05) is 25.1 Å². The van der Waals surface area contributed by atoms with E-state index < -0.39 is 11.8 Å². The van der Waals surface area contributed by atoms with Gasteiger partial charge in [-0.3, -0.25) is 4.79 Å². The molecule has 0 unspecified atom stereocenters. The van der Waals surface area contributed by atoms with E-state index >= 15 is 0 Å². The van der Waals surface area contributed by atoms with Crippen LogP contribution in [0.1, 0.15) is 15.9 Å². The molecule has 0 saturated carbocycles. The van der Waals surface area contributed by atoms with E-state index in [4.69, 9.17) is 13.9 Å². The Bertz CT molecular complexity index is 1260. The molecule has 29 heavy (non-hydrogen) atoms. The van der Waals surface area contributed by atoms with Crippen molar-refractivity contribution in [1.82, 2.24) is 0 Å². The van der Waals surface area contributed by atoms with Crippen molar-refractivity contribution < 1.29 is 23.1 Å². The van der Waals surface area contributed by atoms with Crippen LogP contribution in [0.5, 0.6) is 17.2 Å². The molecule has 0 atom stereocenters. The average molecular weight is 390 g/mol. The number of rotatable bonds is 4. The monoisotopic (exact) mass is 390 g/mol. The zero-order valence-corrected chi connectivity index (χ0v) is 15.3. The van der Waals surface area contributed by atoms with E-state index in [9.17, 15) is 14.0 Å². The van der Waals surface area contributed by atoms with Gasteiger partial charge < -0.3 is 13.9 Å². The minimum atomic E-state index is -0.647. The zero-order chi connectivity index (χ0) is 20.4. The fraction of sp³-hybridized carbons (Fsp3) is 0.0435. The summed E-state index contributed by atoms with van der Waals surface area (Å²) in [6, 6.07) is 16.7. The van der Waals surface area contributed by atoms with Crippen molar-refractivity contribution in [3.05, 3.63) is 100 Å². The highest BCUT2D eigenvalue weighted by Gasteiger charge is 2.13. The van der Waals surface area contributed by atoms with Crippen LogP contribution in [0.3, 0.4) is 0 Å². The Labute approximate surface area is 164 Å². The van der Waals surface area contributed by atoms with Crippen molar-refractivity contribution in [2.24, 2.45) is 0 Å². The van der Waals surface area contributed by atoms with Crippen molar-refractivity contribution in [1.29, 1.82) is 0 Å². The topological polar surface area (TPSA) is 65.7 Å². The third-order valence-corrected chi connectivity index (χ3v) is 4.22. The van der Waals surface area contributed by atoms with Gasteiger partial charge in [0.2, 0.25) is 11.2 Å². The van der Waals surface area contributed by atoms with Crippen LogP contribution in [0.25, 0.3) is 11.0 Å². The molecule has 0 aliphatic carbocycles. The first-order valence-electron chi connectivity index (χ1n) is 8.77. The lowest BCUT2D eigenvalue weighted by Gasteiger charge is -2.08. The summed E-state index contributed by atoms with van der Waals surface area (Å²) in [6.07, 6.45) is 1.22. The maximum atomic E-state index is 13.0. The third-order valence-electron chi connectivity index (χ3n) is 4.22. The number of esters is 1. The number of fused-ring (bicyclic) bond motifs is 1. The largest absolute Gasteiger partial charge is 0.460 e. The molecule has 144 valence electrons. The number of carbonyl (C=O) groups excluding carboxylic acids is 1. The number of halogens is 1. The molecular formula is C23H15FO5. The molecule has 0 aliphatic rings. The predicted molar refractivity (Wildman–Crippen MR) is 105 cm³/mol. The molecule has 0 saturated heterocycles. The van der Waals surface area contributed by atoms with E-state index in [-0.39, 0.29) is 33.5 Å². The Balaban J connectivity index is 1.59. The van der Waals surface area contributed by atoms with Gasteiger partial charge in [0.15, 0.2) is 0 Å². The summed E-state index contributed by atoms with van der Waals surface area (Å²) in [7, 11) is 0. The van der Waals surface area contributed by atoms with Gasteiger partial charge in [0, 0.05) is 6.07 Å². The fourth-order valence-electron chi connectivity index (χ4n) is 2.78. The molecule has 0 radical (unpaired) electrons. The van der Waals surface area contributed by atoms with Crippen LogP contribution in [0.2, 0.25) is 0 Å². The van der Waals surface area contributed by atoms with Gasteiger partial charge in [0.1, 0.15) is 29.2 Å². The van der Waals surface area contributed by atoms with Gasteiger partial charge in [-0.25, -0.2) is 9.18 Å². The molecule has 1 aromatic heterocycles. The normalized spacial score (nSPS) is 10.7. The maximum absolute atomic E-state index is 13.0. The minimum absolute atomic E-state index is 0.0548. The molecule has 5 nitrogen and oxygen atoms in total. The SMILES string of the molecule is Cc1cccc(Oc2coc3cc(OC(=O)c4ccc(F)cc4)ccc3c2=O)c1. The molecule has 0 spiro atoms. The predicted octanol–water partition coefficient (Wildman–Crippen LogP) is 5.25. The van der Waals surface area contributed by atoms with Gasteiger partial charge in [0.25, 0.3) is 0 Å². The highest BCUT2D eigenvalue weighted by molar-refractivity contribution is 5.91. The Morgan fingerprint density at radius 1 is 0.966 bits per heavy atom. The summed E-state index contributed by atoms with van der Waals surface area (Å²) in [6.45, 7) is 1.92. The highest BCUT2D eigenvalue weighted by Crippen LogP contribution is 2.25. The summed E-state index contributed by atoms with van der Waals surface area (Å²) >= 11 is 0. The smallest absolute Gasteiger partial charge is 0.343 e. The summed E-state index contributed by atoms with van der Waals surface area (Å²) in [4.78, 5) is 24.8. The fourth-order valence-corrected chi connectivity index (χ4v) is 2.78. The summed E-state index contributed by atoms with van der Waals surface area (Å²) in [5.74, 6) is -0.313. The number of aryl methyl sites for hydroxylation is 1. The van der Waals surface area contributed by atoms with E-state index in [1.165, 1.54) is 48.7 Å². The second kappa shape index (κ2) is 7.59. The van der Waals surface area contributed by atoms with Gasteiger partial charge in [-0.2, -0.15) is 0 Å². The minimum Gasteiger partial charge on any atom is -0.460 e. The summed E-state index contributed by atoms with van der Waals surface area (Å²) in [5.41, 5.74) is 1.11. The number of hydrogen-bond acceptors (Lipinski definition) is 5. The van der Waals surface area contributed by atoms with Crippen LogP contribution in [0, 0.1) is 12.7 Å². The molecule has 4 aromatic rings. The molecular weight excluding hydrogens is 375 g/mol. The number of carbonyl (C=O) groups is 1. The first-order valence-corrected chi connectivity index (χ1v) is 8.77. The van der Waals surface area contributed by atoms with Crippen LogP contribution in [-0.2, 0) is 0 Å². The summed E-state index contributed by atoms with van der Waals surface area (Å²) in [5, 5.41) is 0.289. The van der Waals surface area contributed by atoms with Crippen molar-refractivity contribution >= 4 is 16.9 Å². The second-order valence-corrected chi connectivity index (χ2v) is 6.40. The standard InChI is InChI=1S/C23H15FO5/c1-14-3-2-4-17(11-14)28-21-13-27-20-12-18(9-10-19(20)22(21)25)29-23(26)15-5-7-16(24)8-6-15/h2-13H,1H3. The molecule has 0 fully saturated rings. The van der Waals surface area contributed by atoms with Crippen LogP contribution in [0.4, 0.5) is 4.39 Å². The molecule has 3 aromatic carbocycles. The number of benzene rings is 3. The Morgan fingerprint density at radius 3 is 2.52 bits per heavy atom. The van der Waals surface area contributed by atoms with E-state index in [1.54, 1.807) is 6.07 Å². The lowest BCUT2D eigenvalue weighted by Crippen LogP contribution is -2.09. The Morgan fingerprint density at radius 2 is 1.76 bits per heavy atom.